The van der Waals surface area contributed by atoms with E-state index in [1.807, 2.05) is 44.1 Å². The Morgan fingerprint density at radius 1 is 1.19 bits per heavy atom. The van der Waals surface area contributed by atoms with Crippen molar-refractivity contribution in [2.24, 2.45) is 0 Å². The van der Waals surface area contributed by atoms with Crippen molar-refractivity contribution in [3.05, 3.63) is 53.5 Å². The predicted octanol–water partition coefficient (Wildman–Crippen LogP) is 3.77. The molecule has 0 amide bonds. The van der Waals surface area contributed by atoms with Gasteiger partial charge in [-0.25, -0.2) is 9.78 Å². The summed E-state index contributed by atoms with van der Waals surface area (Å²) in [6.45, 7) is 11.5. The average molecular weight is 436 g/mol. The summed E-state index contributed by atoms with van der Waals surface area (Å²) in [7, 11) is 3.93. The molecule has 1 unspecified atom stereocenters. The number of pyridine rings is 2. The minimum absolute atomic E-state index is 0.117. The van der Waals surface area contributed by atoms with Crippen LogP contribution in [0.3, 0.4) is 0 Å². The van der Waals surface area contributed by atoms with Gasteiger partial charge < -0.3 is 19.3 Å². The van der Waals surface area contributed by atoms with E-state index in [1.165, 1.54) is 0 Å². The van der Waals surface area contributed by atoms with E-state index >= 15 is 0 Å². The third kappa shape index (κ3) is 3.98. The molecule has 0 aromatic carbocycles. The summed E-state index contributed by atoms with van der Waals surface area (Å²) in [4.78, 5) is 23.5. The number of carboxylic acids is 1. The van der Waals surface area contributed by atoms with E-state index in [0.717, 1.165) is 66.4 Å². The van der Waals surface area contributed by atoms with Crippen molar-refractivity contribution in [1.29, 1.82) is 0 Å². The first-order valence-corrected chi connectivity index (χ1v) is 11.3. The lowest BCUT2D eigenvalue weighted by Gasteiger charge is -2.38. The quantitative estimate of drug-likeness (QED) is 0.636. The van der Waals surface area contributed by atoms with Gasteiger partial charge in [0, 0.05) is 70.0 Å². The van der Waals surface area contributed by atoms with Crippen LogP contribution in [-0.4, -0.2) is 77.1 Å². The molecule has 0 radical (unpaired) electrons. The zero-order valence-corrected chi connectivity index (χ0v) is 19.7. The van der Waals surface area contributed by atoms with Crippen LogP contribution in [-0.2, 0) is 0 Å². The number of fused-ring (bicyclic) bond motifs is 1. The van der Waals surface area contributed by atoms with Gasteiger partial charge in [-0.3, -0.25) is 4.90 Å². The summed E-state index contributed by atoms with van der Waals surface area (Å²) in [6, 6.07) is 8.04. The van der Waals surface area contributed by atoms with Gasteiger partial charge in [0.1, 0.15) is 5.82 Å². The molecule has 170 valence electrons. The molecule has 32 heavy (non-hydrogen) atoms. The Morgan fingerprint density at radius 3 is 2.53 bits per heavy atom. The van der Waals surface area contributed by atoms with Crippen molar-refractivity contribution in [3.8, 4) is 11.1 Å². The molecule has 1 saturated heterocycles. The number of carboxylic acid groups (broad SMARTS) is 1. The number of anilines is 1. The Morgan fingerprint density at radius 2 is 1.91 bits per heavy atom. The minimum Gasteiger partial charge on any atom is -0.478 e. The number of aromatic nitrogens is 2. The van der Waals surface area contributed by atoms with Crippen LogP contribution < -0.4 is 4.90 Å². The van der Waals surface area contributed by atoms with Gasteiger partial charge in [-0.15, -0.1) is 0 Å². The third-order valence-electron chi connectivity index (χ3n) is 6.80. The average Bonchev–Trinajstić information content (AvgIpc) is 3.21. The number of hydrogen-bond acceptors (Lipinski definition) is 5. The van der Waals surface area contributed by atoms with Crippen LogP contribution in [0, 0.1) is 6.92 Å². The number of carbonyl (C=O) groups is 1. The first-order chi connectivity index (χ1) is 15.3. The molecular weight excluding hydrogens is 402 g/mol. The molecule has 0 spiro atoms. The van der Waals surface area contributed by atoms with E-state index in [1.54, 1.807) is 6.20 Å². The number of likely N-dealkylation sites (N-methyl/N-ethyl adjacent to an activating group) is 1. The summed E-state index contributed by atoms with van der Waals surface area (Å²) >= 11 is 0. The van der Waals surface area contributed by atoms with E-state index in [2.05, 4.69) is 45.3 Å². The lowest BCUT2D eigenvalue weighted by molar-refractivity contribution is 0.0695. The summed E-state index contributed by atoms with van der Waals surface area (Å²) in [6.07, 6.45) is 3.88. The Hall–Kier alpha value is -2.90. The van der Waals surface area contributed by atoms with E-state index in [0.29, 0.717) is 5.56 Å². The fourth-order valence-corrected chi connectivity index (χ4v) is 4.82. The number of aromatic carboxylic acids is 1. The second-order valence-electron chi connectivity index (χ2n) is 8.80. The monoisotopic (exact) mass is 435 g/mol. The molecule has 4 heterocycles. The molecule has 0 aliphatic carbocycles. The Balaban J connectivity index is 1.84. The molecule has 7 heteroatoms. The van der Waals surface area contributed by atoms with Crippen LogP contribution >= 0.6 is 0 Å². The lowest BCUT2D eigenvalue weighted by atomic mass is 9.99. The second kappa shape index (κ2) is 8.92. The highest BCUT2D eigenvalue weighted by Gasteiger charge is 2.27. The highest BCUT2D eigenvalue weighted by atomic mass is 16.4. The molecular formula is C25H33N5O2. The van der Waals surface area contributed by atoms with Crippen LogP contribution in [0.2, 0.25) is 0 Å². The maximum atomic E-state index is 12.2. The van der Waals surface area contributed by atoms with E-state index in [9.17, 15) is 9.90 Å². The number of hydrogen-bond donors (Lipinski definition) is 1. The van der Waals surface area contributed by atoms with E-state index in [4.69, 9.17) is 0 Å². The van der Waals surface area contributed by atoms with Crippen LogP contribution in [0.5, 0.6) is 0 Å². The number of piperazine rings is 1. The SMILES string of the molecule is CCN1CCN(C(C)c2c(C)c(C(=O)O)cc3c(-c4ccnc(N(C)C)c4)ccn23)CC1. The molecule has 3 aromatic heterocycles. The fourth-order valence-electron chi connectivity index (χ4n) is 4.82. The highest BCUT2D eigenvalue weighted by molar-refractivity contribution is 5.94. The van der Waals surface area contributed by atoms with Gasteiger partial charge in [-0.05, 0) is 55.8 Å². The molecule has 0 bridgehead atoms. The molecule has 1 aliphatic rings. The maximum absolute atomic E-state index is 12.2. The summed E-state index contributed by atoms with van der Waals surface area (Å²) in [5.74, 6) is -0.0140. The molecule has 4 rings (SSSR count). The zero-order valence-electron chi connectivity index (χ0n) is 19.7. The normalized spacial score (nSPS) is 16.4. The van der Waals surface area contributed by atoms with Gasteiger partial charge in [0.05, 0.1) is 11.1 Å². The molecule has 0 saturated carbocycles. The van der Waals surface area contributed by atoms with Gasteiger partial charge >= 0.3 is 5.97 Å². The smallest absolute Gasteiger partial charge is 0.336 e. The van der Waals surface area contributed by atoms with Crippen LogP contribution in [0.25, 0.3) is 16.6 Å². The fraction of sp³-hybridized carbons (Fsp3) is 0.440. The van der Waals surface area contributed by atoms with Gasteiger partial charge in [0.2, 0.25) is 0 Å². The van der Waals surface area contributed by atoms with Crippen molar-refractivity contribution in [3.63, 3.8) is 0 Å². The van der Waals surface area contributed by atoms with Gasteiger partial charge in [-0.2, -0.15) is 0 Å². The molecule has 1 atom stereocenters. The number of rotatable bonds is 6. The summed E-state index contributed by atoms with van der Waals surface area (Å²) in [5, 5.41) is 9.98. The summed E-state index contributed by atoms with van der Waals surface area (Å²) in [5.41, 5.74) is 5.22. The van der Waals surface area contributed by atoms with Crippen molar-refractivity contribution >= 4 is 17.3 Å². The number of nitrogens with zero attached hydrogens (tertiary/aromatic N) is 5. The summed E-state index contributed by atoms with van der Waals surface area (Å²) < 4.78 is 2.18. The van der Waals surface area contributed by atoms with Gasteiger partial charge in [0.15, 0.2) is 0 Å². The molecule has 1 aliphatic heterocycles. The Bertz CT molecular complexity index is 1130. The maximum Gasteiger partial charge on any atom is 0.336 e. The van der Waals surface area contributed by atoms with Gasteiger partial charge in [-0.1, -0.05) is 6.92 Å². The Kier molecular flexibility index (Phi) is 6.22. The van der Waals surface area contributed by atoms with Crippen LogP contribution in [0.1, 0.15) is 41.5 Å². The highest BCUT2D eigenvalue weighted by Crippen LogP contribution is 2.34. The van der Waals surface area contributed by atoms with E-state index < -0.39 is 5.97 Å². The first-order valence-electron chi connectivity index (χ1n) is 11.3. The molecule has 1 fully saturated rings. The van der Waals surface area contributed by atoms with Crippen LogP contribution in [0.15, 0.2) is 36.7 Å². The van der Waals surface area contributed by atoms with Crippen LogP contribution in [0.4, 0.5) is 5.82 Å². The molecule has 7 nitrogen and oxygen atoms in total. The standard InChI is InChI=1S/C25H33N5O2/c1-6-28-11-13-29(14-12-28)18(3)24-17(2)21(25(31)32)16-22-20(8-10-30(22)24)19-7-9-26-23(15-19)27(4)5/h7-10,15-16,18H,6,11-14H2,1-5H3,(H,31,32). The largest absolute Gasteiger partial charge is 0.478 e. The van der Waals surface area contributed by atoms with Crippen molar-refractivity contribution < 1.29 is 9.90 Å². The first kappa shape index (κ1) is 22.3. The second-order valence-corrected chi connectivity index (χ2v) is 8.80. The zero-order chi connectivity index (χ0) is 23.0. The molecule has 1 N–H and O–H groups in total. The Labute approximate surface area is 189 Å². The van der Waals surface area contributed by atoms with Crippen molar-refractivity contribution in [1.82, 2.24) is 19.2 Å². The predicted molar refractivity (Wildman–Crippen MR) is 129 cm³/mol. The van der Waals surface area contributed by atoms with Crippen molar-refractivity contribution in [2.45, 2.75) is 26.8 Å². The minimum atomic E-state index is -0.884. The van der Waals surface area contributed by atoms with Gasteiger partial charge in [0.25, 0.3) is 0 Å². The molecule has 3 aromatic rings. The van der Waals surface area contributed by atoms with E-state index in [-0.39, 0.29) is 6.04 Å². The third-order valence-corrected chi connectivity index (χ3v) is 6.80. The topological polar surface area (TPSA) is 64.3 Å². The lowest BCUT2D eigenvalue weighted by Crippen LogP contribution is -2.47. The van der Waals surface area contributed by atoms with Crippen molar-refractivity contribution in [2.75, 3.05) is 51.7 Å².